The molecule has 2 nitrogen and oxygen atoms in total. The molecule has 0 aromatic heterocycles. The van der Waals surface area contributed by atoms with Crippen LogP contribution in [0.25, 0.3) is 0 Å². The molecule has 1 aromatic carbocycles. The molecule has 18 heavy (non-hydrogen) atoms. The first-order valence-electron chi connectivity index (χ1n) is 6.94. The average molecular weight is 248 g/mol. The van der Waals surface area contributed by atoms with E-state index in [9.17, 15) is 4.39 Å². The SMILES string of the molecule is CN1CCC(CNC2CC2)C1c1ccccc1F. The topological polar surface area (TPSA) is 15.3 Å². The van der Waals surface area contributed by atoms with Crippen LogP contribution in [0, 0.1) is 11.7 Å². The molecule has 2 atom stereocenters. The van der Waals surface area contributed by atoms with Crippen LogP contribution in [0.4, 0.5) is 4.39 Å². The van der Waals surface area contributed by atoms with Crippen LogP contribution in [0.15, 0.2) is 24.3 Å². The van der Waals surface area contributed by atoms with Gasteiger partial charge >= 0.3 is 0 Å². The summed E-state index contributed by atoms with van der Waals surface area (Å²) in [5, 5.41) is 3.59. The molecule has 3 heteroatoms. The smallest absolute Gasteiger partial charge is 0.127 e. The normalized spacial score (nSPS) is 28.8. The van der Waals surface area contributed by atoms with Crippen LogP contribution in [0.5, 0.6) is 0 Å². The van der Waals surface area contributed by atoms with Crippen LogP contribution in [-0.4, -0.2) is 31.1 Å². The highest BCUT2D eigenvalue weighted by molar-refractivity contribution is 5.23. The first kappa shape index (κ1) is 12.1. The zero-order valence-corrected chi connectivity index (χ0v) is 10.9. The average Bonchev–Trinajstić information content (AvgIpc) is 3.12. The van der Waals surface area contributed by atoms with E-state index in [0.29, 0.717) is 5.92 Å². The van der Waals surface area contributed by atoms with Gasteiger partial charge in [0.25, 0.3) is 0 Å². The van der Waals surface area contributed by atoms with Gasteiger partial charge in [-0.05, 0) is 44.8 Å². The second-order valence-corrected chi connectivity index (χ2v) is 5.68. The molecule has 98 valence electrons. The predicted molar refractivity (Wildman–Crippen MR) is 70.9 cm³/mol. The minimum atomic E-state index is -0.0623. The highest BCUT2D eigenvalue weighted by Gasteiger charge is 2.35. The first-order chi connectivity index (χ1) is 8.75. The summed E-state index contributed by atoms with van der Waals surface area (Å²) in [5.74, 6) is 0.472. The van der Waals surface area contributed by atoms with Crippen molar-refractivity contribution in [2.75, 3.05) is 20.1 Å². The van der Waals surface area contributed by atoms with E-state index in [1.54, 1.807) is 12.1 Å². The summed E-state index contributed by atoms with van der Waals surface area (Å²) in [4.78, 5) is 2.29. The highest BCUT2D eigenvalue weighted by atomic mass is 19.1. The summed E-state index contributed by atoms with van der Waals surface area (Å²) in [6, 6.07) is 8.19. The molecule has 0 radical (unpaired) electrons. The molecule has 0 bridgehead atoms. The summed E-state index contributed by atoms with van der Waals surface area (Å²) in [5.41, 5.74) is 0.861. The fourth-order valence-electron chi connectivity index (χ4n) is 3.05. The van der Waals surface area contributed by atoms with E-state index in [4.69, 9.17) is 0 Å². The fourth-order valence-corrected chi connectivity index (χ4v) is 3.05. The third kappa shape index (κ3) is 2.43. The van der Waals surface area contributed by atoms with Crippen molar-refractivity contribution in [3.63, 3.8) is 0 Å². The van der Waals surface area contributed by atoms with Crippen molar-refractivity contribution in [2.45, 2.75) is 31.3 Å². The molecule has 1 saturated heterocycles. The molecule has 2 fully saturated rings. The van der Waals surface area contributed by atoms with E-state index >= 15 is 0 Å². The lowest BCUT2D eigenvalue weighted by Gasteiger charge is -2.26. The molecule has 0 amide bonds. The molecule has 1 aliphatic carbocycles. The maximum absolute atomic E-state index is 14.0. The molecule has 1 aromatic rings. The Kier molecular flexibility index (Phi) is 3.35. The van der Waals surface area contributed by atoms with Gasteiger partial charge in [0.05, 0.1) is 0 Å². The largest absolute Gasteiger partial charge is 0.314 e. The predicted octanol–water partition coefficient (Wildman–Crippen LogP) is 2.57. The minimum absolute atomic E-state index is 0.0623. The number of rotatable bonds is 4. The summed E-state index contributed by atoms with van der Waals surface area (Å²) in [6.07, 6.45) is 3.79. The summed E-state index contributed by atoms with van der Waals surface area (Å²) in [7, 11) is 2.11. The van der Waals surface area contributed by atoms with E-state index in [0.717, 1.165) is 31.1 Å². The summed E-state index contributed by atoms with van der Waals surface area (Å²) < 4.78 is 14.0. The van der Waals surface area contributed by atoms with Crippen LogP contribution >= 0.6 is 0 Å². The Morgan fingerprint density at radius 3 is 2.78 bits per heavy atom. The van der Waals surface area contributed by atoms with Crippen LogP contribution in [0.2, 0.25) is 0 Å². The number of benzene rings is 1. The van der Waals surface area contributed by atoms with Crippen LogP contribution in [-0.2, 0) is 0 Å². The Bertz CT molecular complexity index is 417. The molecular weight excluding hydrogens is 227 g/mol. The van der Waals surface area contributed by atoms with Crippen molar-refractivity contribution in [1.82, 2.24) is 10.2 Å². The number of halogens is 1. The third-order valence-corrected chi connectivity index (χ3v) is 4.24. The molecule has 1 aliphatic heterocycles. The van der Waals surface area contributed by atoms with Crippen LogP contribution in [0.1, 0.15) is 30.9 Å². The van der Waals surface area contributed by atoms with Crippen molar-refractivity contribution in [3.05, 3.63) is 35.6 Å². The van der Waals surface area contributed by atoms with Crippen LogP contribution < -0.4 is 5.32 Å². The number of nitrogens with one attached hydrogen (secondary N) is 1. The van der Waals surface area contributed by atoms with Crippen molar-refractivity contribution in [1.29, 1.82) is 0 Å². The van der Waals surface area contributed by atoms with Gasteiger partial charge in [0.2, 0.25) is 0 Å². The number of hydrogen-bond donors (Lipinski definition) is 1. The van der Waals surface area contributed by atoms with Gasteiger partial charge in [0.15, 0.2) is 0 Å². The molecule has 0 spiro atoms. The Balaban J connectivity index is 1.75. The Labute approximate surface area is 108 Å². The monoisotopic (exact) mass is 248 g/mol. The quantitative estimate of drug-likeness (QED) is 0.881. The molecule has 1 saturated carbocycles. The second kappa shape index (κ2) is 4.98. The van der Waals surface area contributed by atoms with Gasteiger partial charge in [0.1, 0.15) is 5.82 Å². The summed E-state index contributed by atoms with van der Waals surface area (Å²) >= 11 is 0. The lowest BCUT2D eigenvalue weighted by molar-refractivity contribution is 0.265. The number of likely N-dealkylation sites (tertiary alicyclic amines) is 1. The van der Waals surface area contributed by atoms with E-state index in [2.05, 4.69) is 17.3 Å². The Morgan fingerprint density at radius 1 is 1.28 bits per heavy atom. The van der Waals surface area contributed by atoms with Crippen molar-refractivity contribution in [3.8, 4) is 0 Å². The van der Waals surface area contributed by atoms with E-state index in [1.807, 2.05) is 12.1 Å². The van der Waals surface area contributed by atoms with E-state index in [-0.39, 0.29) is 11.9 Å². The molecular formula is C15H21FN2. The van der Waals surface area contributed by atoms with Crippen molar-refractivity contribution < 1.29 is 4.39 Å². The van der Waals surface area contributed by atoms with Gasteiger partial charge in [-0.3, -0.25) is 4.90 Å². The summed E-state index contributed by atoms with van der Waals surface area (Å²) in [6.45, 7) is 2.09. The van der Waals surface area contributed by atoms with Gasteiger partial charge in [-0.1, -0.05) is 18.2 Å². The zero-order valence-electron chi connectivity index (χ0n) is 10.9. The number of hydrogen-bond acceptors (Lipinski definition) is 2. The van der Waals surface area contributed by atoms with Crippen molar-refractivity contribution >= 4 is 0 Å². The lowest BCUT2D eigenvalue weighted by Crippen LogP contribution is -2.30. The molecule has 3 rings (SSSR count). The molecule has 1 N–H and O–H groups in total. The third-order valence-electron chi connectivity index (χ3n) is 4.24. The van der Waals surface area contributed by atoms with Gasteiger partial charge in [-0.2, -0.15) is 0 Å². The standard InChI is InChI=1S/C15H21FN2/c1-18-9-8-11(10-17-12-6-7-12)15(18)13-4-2-3-5-14(13)16/h2-5,11-12,15,17H,6-10H2,1H3. The van der Waals surface area contributed by atoms with Gasteiger partial charge in [-0.25, -0.2) is 4.39 Å². The van der Waals surface area contributed by atoms with Crippen LogP contribution in [0.3, 0.4) is 0 Å². The maximum Gasteiger partial charge on any atom is 0.127 e. The Hall–Kier alpha value is -0.930. The molecule has 1 heterocycles. The van der Waals surface area contributed by atoms with Gasteiger partial charge in [-0.15, -0.1) is 0 Å². The minimum Gasteiger partial charge on any atom is -0.314 e. The Morgan fingerprint density at radius 2 is 2.06 bits per heavy atom. The maximum atomic E-state index is 14.0. The fraction of sp³-hybridized carbons (Fsp3) is 0.600. The van der Waals surface area contributed by atoms with Gasteiger partial charge in [0, 0.05) is 24.2 Å². The van der Waals surface area contributed by atoms with Gasteiger partial charge < -0.3 is 5.32 Å². The number of nitrogens with zero attached hydrogens (tertiary/aromatic N) is 1. The van der Waals surface area contributed by atoms with E-state index < -0.39 is 0 Å². The molecule has 2 aliphatic rings. The lowest BCUT2D eigenvalue weighted by atomic mass is 9.93. The molecule has 2 unspecified atom stereocenters. The first-order valence-corrected chi connectivity index (χ1v) is 6.94. The highest BCUT2D eigenvalue weighted by Crippen LogP contribution is 2.37. The van der Waals surface area contributed by atoms with E-state index in [1.165, 1.54) is 12.8 Å². The second-order valence-electron chi connectivity index (χ2n) is 5.68. The van der Waals surface area contributed by atoms with Crippen molar-refractivity contribution in [2.24, 2.45) is 5.92 Å². The zero-order chi connectivity index (χ0) is 12.5.